The van der Waals surface area contributed by atoms with Gasteiger partial charge in [0.2, 0.25) is 5.91 Å². The molecule has 0 unspecified atom stereocenters. The van der Waals surface area contributed by atoms with Crippen molar-refractivity contribution in [3.63, 3.8) is 0 Å². The van der Waals surface area contributed by atoms with Crippen molar-refractivity contribution in [1.82, 2.24) is 19.9 Å². The molecule has 0 saturated carbocycles. The van der Waals surface area contributed by atoms with E-state index in [9.17, 15) is 14.4 Å². The number of hydrogen-bond donors (Lipinski definition) is 1. The molecule has 0 saturated heterocycles. The lowest BCUT2D eigenvalue weighted by molar-refractivity contribution is -0.129. The number of carbonyl (C=O) groups excluding carboxylic acids is 3. The molecule has 1 N–H and O–H groups in total. The first-order valence-electron chi connectivity index (χ1n) is 8.09. The highest BCUT2D eigenvalue weighted by Gasteiger charge is 2.14. The van der Waals surface area contributed by atoms with E-state index in [4.69, 9.17) is 4.74 Å². The molecule has 0 fully saturated rings. The second kappa shape index (κ2) is 8.75. The van der Waals surface area contributed by atoms with Gasteiger partial charge < -0.3 is 15.0 Å². The first-order valence-corrected chi connectivity index (χ1v) is 8.09. The number of likely N-dealkylation sites (N-methyl/N-ethyl adjacent to an activating group) is 1. The molecule has 0 aliphatic heterocycles. The van der Waals surface area contributed by atoms with Gasteiger partial charge in [0, 0.05) is 19.8 Å². The number of benzene rings is 1. The van der Waals surface area contributed by atoms with E-state index in [1.165, 1.54) is 15.8 Å². The third kappa shape index (κ3) is 5.13. The van der Waals surface area contributed by atoms with E-state index in [1.54, 1.807) is 38.4 Å². The van der Waals surface area contributed by atoms with Crippen LogP contribution in [0.2, 0.25) is 0 Å². The predicted octanol–water partition coefficient (Wildman–Crippen LogP) is 1.19. The Morgan fingerprint density at radius 2 is 1.88 bits per heavy atom. The van der Waals surface area contributed by atoms with Gasteiger partial charge in [0.1, 0.15) is 6.54 Å². The highest BCUT2D eigenvalue weighted by molar-refractivity contribution is 6.02. The summed E-state index contributed by atoms with van der Waals surface area (Å²) >= 11 is 0. The normalized spacial score (nSPS) is 10.3. The second-order valence-corrected chi connectivity index (χ2v) is 5.76. The van der Waals surface area contributed by atoms with Crippen LogP contribution in [0.3, 0.4) is 0 Å². The minimum atomic E-state index is -0.463. The van der Waals surface area contributed by atoms with Crippen molar-refractivity contribution < 1.29 is 19.1 Å². The molecule has 0 aliphatic carbocycles. The molecule has 9 heteroatoms. The molecule has 2 aromatic rings. The summed E-state index contributed by atoms with van der Waals surface area (Å²) in [5, 5.41) is 10.2. The van der Waals surface area contributed by atoms with E-state index in [1.807, 2.05) is 6.92 Å². The summed E-state index contributed by atoms with van der Waals surface area (Å²) < 4.78 is 6.34. The maximum absolute atomic E-state index is 12.2. The zero-order chi connectivity index (χ0) is 19.1. The molecule has 1 heterocycles. The van der Waals surface area contributed by atoms with Crippen LogP contribution in [0.15, 0.2) is 30.5 Å². The molecule has 0 radical (unpaired) electrons. The molecule has 1 aromatic heterocycles. The van der Waals surface area contributed by atoms with Gasteiger partial charge in [0.15, 0.2) is 5.69 Å². The van der Waals surface area contributed by atoms with E-state index in [0.717, 1.165) is 6.42 Å². The van der Waals surface area contributed by atoms with Gasteiger partial charge in [-0.3, -0.25) is 9.59 Å². The zero-order valence-electron chi connectivity index (χ0n) is 14.9. The number of nitrogens with zero attached hydrogens (tertiary/aromatic N) is 4. The van der Waals surface area contributed by atoms with E-state index in [-0.39, 0.29) is 18.1 Å². The van der Waals surface area contributed by atoms with Crippen LogP contribution >= 0.6 is 0 Å². The van der Waals surface area contributed by atoms with Crippen LogP contribution in [0.25, 0.3) is 0 Å². The van der Waals surface area contributed by atoms with Crippen LogP contribution in [-0.4, -0.2) is 58.4 Å². The Kier molecular flexibility index (Phi) is 6.42. The first kappa shape index (κ1) is 19.1. The lowest BCUT2D eigenvalue weighted by Crippen LogP contribution is -2.26. The van der Waals surface area contributed by atoms with Crippen molar-refractivity contribution in [2.75, 3.05) is 26.0 Å². The number of hydrogen-bond acceptors (Lipinski definition) is 6. The minimum Gasteiger partial charge on any atom is -0.462 e. The number of aromatic nitrogens is 3. The fraction of sp³-hybridized carbons (Fsp3) is 0.353. The van der Waals surface area contributed by atoms with Gasteiger partial charge in [0.25, 0.3) is 5.91 Å². The maximum atomic E-state index is 12.2. The van der Waals surface area contributed by atoms with Crippen molar-refractivity contribution in [3.8, 4) is 0 Å². The topological polar surface area (TPSA) is 106 Å². The molecule has 1 aromatic carbocycles. The van der Waals surface area contributed by atoms with Gasteiger partial charge in [0.05, 0.1) is 18.4 Å². The Morgan fingerprint density at radius 3 is 2.50 bits per heavy atom. The highest BCUT2D eigenvalue weighted by atomic mass is 16.5. The van der Waals surface area contributed by atoms with Crippen LogP contribution in [-0.2, 0) is 16.1 Å². The first-order chi connectivity index (χ1) is 12.4. The number of rotatable bonds is 7. The van der Waals surface area contributed by atoms with Crippen molar-refractivity contribution >= 4 is 23.5 Å². The standard InChI is InChI=1S/C17H21N5O4/c1-4-9-26-17(25)12-5-7-13(8-6-12)18-16(24)14-10-22(20-19-14)11-15(23)21(2)3/h5-8,10H,4,9,11H2,1-3H3,(H,18,24). The van der Waals surface area contributed by atoms with Crippen molar-refractivity contribution in [3.05, 3.63) is 41.7 Å². The average molecular weight is 359 g/mol. The molecule has 9 nitrogen and oxygen atoms in total. The van der Waals surface area contributed by atoms with Crippen molar-refractivity contribution in [1.29, 1.82) is 0 Å². The average Bonchev–Trinajstić information content (AvgIpc) is 3.08. The Hall–Kier alpha value is -3.23. The van der Waals surface area contributed by atoms with Gasteiger partial charge >= 0.3 is 5.97 Å². The largest absolute Gasteiger partial charge is 0.462 e. The lowest BCUT2D eigenvalue weighted by Gasteiger charge is -2.08. The van der Waals surface area contributed by atoms with Crippen molar-refractivity contribution in [2.45, 2.75) is 19.9 Å². The molecule has 2 amide bonds. The summed E-state index contributed by atoms with van der Waals surface area (Å²) in [6.07, 6.45) is 2.15. The number of ether oxygens (including phenoxy) is 1. The Morgan fingerprint density at radius 1 is 1.19 bits per heavy atom. The second-order valence-electron chi connectivity index (χ2n) is 5.76. The number of esters is 1. The lowest BCUT2D eigenvalue weighted by atomic mass is 10.2. The quantitative estimate of drug-likeness (QED) is 0.744. The molecule has 0 spiro atoms. The Balaban J connectivity index is 1.96. The smallest absolute Gasteiger partial charge is 0.338 e. The minimum absolute atomic E-state index is 0.00183. The number of anilines is 1. The van der Waals surface area contributed by atoms with Crippen molar-refractivity contribution in [2.24, 2.45) is 0 Å². The maximum Gasteiger partial charge on any atom is 0.338 e. The van der Waals surface area contributed by atoms with Crippen LogP contribution in [0.1, 0.15) is 34.2 Å². The van der Waals surface area contributed by atoms with Gasteiger partial charge in [-0.05, 0) is 30.7 Å². The SMILES string of the molecule is CCCOC(=O)c1ccc(NC(=O)c2cn(CC(=O)N(C)C)nn2)cc1. The van der Waals surface area contributed by atoms with Crippen LogP contribution in [0.5, 0.6) is 0 Å². The summed E-state index contributed by atoms with van der Waals surface area (Å²) in [4.78, 5) is 37.0. The van der Waals surface area contributed by atoms with E-state index in [0.29, 0.717) is 17.9 Å². The molecule has 0 bridgehead atoms. The van der Waals surface area contributed by atoms with Crippen LogP contribution in [0.4, 0.5) is 5.69 Å². The zero-order valence-corrected chi connectivity index (χ0v) is 14.9. The molecule has 2 rings (SSSR count). The van der Waals surface area contributed by atoms with E-state index < -0.39 is 11.9 Å². The predicted molar refractivity (Wildman–Crippen MR) is 93.7 cm³/mol. The molecule has 26 heavy (non-hydrogen) atoms. The van der Waals surface area contributed by atoms with Crippen LogP contribution in [0, 0.1) is 0 Å². The molecular formula is C17H21N5O4. The van der Waals surface area contributed by atoms with E-state index >= 15 is 0 Å². The fourth-order valence-corrected chi connectivity index (χ4v) is 1.92. The summed E-state index contributed by atoms with van der Waals surface area (Å²) in [5.41, 5.74) is 0.994. The third-order valence-corrected chi connectivity index (χ3v) is 3.38. The van der Waals surface area contributed by atoms with Gasteiger partial charge in [-0.2, -0.15) is 0 Å². The molecule has 0 aliphatic rings. The Bertz CT molecular complexity index is 783. The van der Waals surface area contributed by atoms with Gasteiger partial charge in [-0.25, -0.2) is 9.48 Å². The number of nitrogens with one attached hydrogen (secondary N) is 1. The Labute approximate surface area is 150 Å². The van der Waals surface area contributed by atoms with Gasteiger partial charge in [-0.1, -0.05) is 12.1 Å². The van der Waals surface area contributed by atoms with Gasteiger partial charge in [-0.15, -0.1) is 5.10 Å². The third-order valence-electron chi connectivity index (χ3n) is 3.38. The van der Waals surface area contributed by atoms with Crippen LogP contribution < -0.4 is 5.32 Å². The molecule has 0 atom stereocenters. The molecular weight excluding hydrogens is 338 g/mol. The number of amides is 2. The number of carbonyl (C=O) groups is 3. The highest BCUT2D eigenvalue weighted by Crippen LogP contribution is 2.12. The fourth-order valence-electron chi connectivity index (χ4n) is 1.92. The van der Waals surface area contributed by atoms with E-state index in [2.05, 4.69) is 15.6 Å². The summed E-state index contributed by atoms with van der Waals surface area (Å²) in [7, 11) is 3.27. The monoisotopic (exact) mass is 359 g/mol. The molecule has 138 valence electrons. The summed E-state index contributed by atoms with van der Waals surface area (Å²) in [6.45, 7) is 2.28. The summed E-state index contributed by atoms with van der Waals surface area (Å²) in [6, 6.07) is 6.33. The summed E-state index contributed by atoms with van der Waals surface area (Å²) in [5.74, 6) is -1.03.